The van der Waals surface area contributed by atoms with E-state index in [2.05, 4.69) is 37.9 Å². The third-order valence-corrected chi connectivity index (χ3v) is 4.36. The molecule has 0 bridgehead atoms. The van der Waals surface area contributed by atoms with Gasteiger partial charge in [-0.1, -0.05) is 28.1 Å². The molecule has 0 saturated heterocycles. The van der Waals surface area contributed by atoms with Crippen LogP contribution in [0.4, 0.5) is 5.69 Å². The molecule has 1 aliphatic heterocycles. The zero-order chi connectivity index (χ0) is 14.1. The molecule has 0 unspecified atom stereocenters. The Kier molecular flexibility index (Phi) is 3.44. The summed E-state index contributed by atoms with van der Waals surface area (Å²) < 4.78 is 1.11. The molecule has 1 aromatic carbocycles. The third-order valence-electron chi connectivity index (χ3n) is 3.62. The van der Waals surface area contributed by atoms with Crippen LogP contribution in [0, 0.1) is 0 Å². The molecule has 1 amide bonds. The zero-order valence-corrected chi connectivity index (χ0v) is 12.4. The zero-order valence-electron chi connectivity index (χ0n) is 10.8. The fraction of sp³-hybridized carbons (Fsp3) is 0.200. The number of carbonyl (C=O) groups is 1. The summed E-state index contributed by atoms with van der Waals surface area (Å²) in [7, 11) is 0. The van der Waals surface area contributed by atoms with E-state index in [9.17, 15) is 4.79 Å². The van der Waals surface area contributed by atoms with E-state index in [0.717, 1.165) is 29.7 Å². The Bertz CT molecular complexity index is 672. The van der Waals surface area contributed by atoms with Gasteiger partial charge >= 0.3 is 0 Å². The molecule has 0 radical (unpaired) electrons. The van der Waals surface area contributed by atoms with E-state index >= 15 is 0 Å². The first-order valence-corrected chi connectivity index (χ1v) is 7.21. The number of primary amides is 1. The van der Waals surface area contributed by atoms with Gasteiger partial charge in [0.15, 0.2) is 0 Å². The lowest BCUT2D eigenvalue weighted by atomic mass is 9.99. The Morgan fingerprint density at radius 1 is 1.35 bits per heavy atom. The van der Waals surface area contributed by atoms with Crippen molar-refractivity contribution in [2.24, 2.45) is 5.73 Å². The van der Waals surface area contributed by atoms with Crippen molar-refractivity contribution in [3.05, 3.63) is 57.8 Å². The van der Waals surface area contributed by atoms with Crippen LogP contribution in [0.2, 0.25) is 0 Å². The summed E-state index contributed by atoms with van der Waals surface area (Å²) in [6, 6.07) is 8.10. The van der Waals surface area contributed by atoms with Crippen molar-refractivity contribution in [1.29, 1.82) is 0 Å². The Morgan fingerprint density at radius 3 is 3.00 bits per heavy atom. The van der Waals surface area contributed by atoms with E-state index < -0.39 is 5.91 Å². The lowest BCUT2D eigenvalue weighted by Gasteiger charge is -2.32. The van der Waals surface area contributed by atoms with Crippen molar-refractivity contribution in [1.82, 2.24) is 4.98 Å². The number of hydrogen-bond donors (Lipinski definition) is 1. The van der Waals surface area contributed by atoms with Crippen LogP contribution in [0.5, 0.6) is 0 Å². The Hall–Kier alpha value is -1.88. The molecule has 0 saturated carbocycles. The van der Waals surface area contributed by atoms with Crippen molar-refractivity contribution in [3.8, 4) is 0 Å². The molecule has 2 N–H and O–H groups in total. The molecule has 0 spiro atoms. The van der Waals surface area contributed by atoms with Crippen molar-refractivity contribution < 1.29 is 4.79 Å². The summed E-state index contributed by atoms with van der Waals surface area (Å²) >= 11 is 3.60. The van der Waals surface area contributed by atoms with Crippen molar-refractivity contribution in [2.75, 3.05) is 11.4 Å². The highest BCUT2D eigenvalue weighted by Gasteiger charge is 2.21. The molecule has 2 heterocycles. The molecule has 3 rings (SSSR count). The highest BCUT2D eigenvalue weighted by molar-refractivity contribution is 9.10. The second kappa shape index (κ2) is 5.25. The number of fused-ring (bicyclic) bond motifs is 1. The first-order chi connectivity index (χ1) is 9.66. The molecule has 20 heavy (non-hydrogen) atoms. The molecule has 1 aliphatic rings. The van der Waals surface area contributed by atoms with Crippen molar-refractivity contribution >= 4 is 27.5 Å². The highest BCUT2D eigenvalue weighted by atomic mass is 79.9. The number of nitrogens with zero attached hydrogens (tertiary/aromatic N) is 2. The lowest BCUT2D eigenvalue weighted by Crippen LogP contribution is -2.32. The van der Waals surface area contributed by atoms with E-state index in [4.69, 9.17) is 5.73 Å². The molecule has 5 heteroatoms. The monoisotopic (exact) mass is 331 g/mol. The van der Waals surface area contributed by atoms with Gasteiger partial charge in [-0.15, -0.1) is 0 Å². The van der Waals surface area contributed by atoms with E-state index in [1.54, 1.807) is 6.20 Å². The number of halogens is 1. The minimum Gasteiger partial charge on any atom is -0.366 e. The molecular weight excluding hydrogens is 318 g/mol. The van der Waals surface area contributed by atoms with Gasteiger partial charge in [-0.2, -0.15) is 0 Å². The van der Waals surface area contributed by atoms with Crippen LogP contribution in [-0.2, 0) is 13.0 Å². The first kappa shape index (κ1) is 13.1. The minimum atomic E-state index is -0.439. The van der Waals surface area contributed by atoms with Gasteiger partial charge < -0.3 is 10.6 Å². The fourth-order valence-electron chi connectivity index (χ4n) is 2.60. The molecule has 0 atom stereocenters. The molecule has 102 valence electrons. The Labute approximate surface area is 125 Å². The molecular formula is C15H14BrN3O. The first-order valence-electron chi connectivity index (χ1n) is 6.42. The molecule has 0 fully saturated rings. The van der Waals surface area contributed by atoms with Gasteiger partial charge in [0.2, 0.25) is 0 Å². The van der Waals surface area contributed by atoms with Crippen molar-refractivity contribution in [3.63, 3.8) is 0 Å². The van der Waals surface area contributed by atoms with Gasteiger partial charge in [-0.3, -0.25) is 9.78 Å². The van der Waals surface area contributed by atoms with Crippen molar-refractivity contribution in [2.45, 2.75) is 13.0 Å². The van der Waals surface area contributed by atoms with Crippen LogP contribution in [-0.4, -0.2) is 17.4 Å². The summed E-state index contributed by atoms with van der Waals surface area (Å²) in [5.41, 5.74) is 9.38. The second-order valence-corrected chi connectivity index (χ2v) is 5.66. The van der Waals surface area contributed by atoms with Gasteiger partial charge in [-0.25, -0.2) is 0 Å². The van der Waals surface area contributed by atoms with E-state index in [1.165, 1.54) is 17.3 Å². The fourth-order valence-corrected chi connectivity index (χ4v) is 3.13. The normalized spacial score (nSPS) is 13.9. The number of rotatable bonds is 2. The largest absolute Gasteiger partial charge is 0.366 e. The number of benzene rings is 1. The maximum absolute atomic E-state index is 11.5. The third kappa shape index (κ3) is 2.29. The molecule has 1 aromatic heterocycles. The predicted octanol–water partition coefficient (Wildman–Crippen LogP) is 2.51. The molecule has 0 aliphatic carbocycles. The summed E-state index contributed by atoms with van der Waals surface area (Å²) in [5, 5.41) is 0. The number of aromatic nitrogens is 1. The van der Waals surface area contributed by atoms with Gasteiger partial charge in [0, 0.05) is 30.0 Å². The van der Waals surface area contributed by atoms with E-state index in [1.807, 2.05) is 12.1 Å². The van der Waals surface area contributed by atoms with Crippen LogP contribution in [0.3, 0.4) is 0 Å². The maximum atomic E-state index is 11.5. The maximum Gasteiger partial charge on any atom is 0.252 e. The van der Waals surface area contributed by atoms with Gasteiger partial charge in [0.25, 0.3) is 5.91 Å². The number of pyridine rings is 1. The van der Waals surface area contributed by atoms with Gasteiger partial charge in [0.1, 0.15) is 0 Å². The van der Waals surface area contributed by atoms with Gasteiger partial charge in [0.05, 0.1) is 11.3 Å². The number of amides is 1. The lowest BCUT2D eigenvalue weighted by molar-refractivity contribution is 0.100. The van der Waals surface area contributed by atoms with E-state index in [-0.39, 0.29) is 0 Å². The minimum absolute atomic E-state index is 0.439. The van der Waals surface area contributed by atoms with Crippen LogP contribution in [0.15, 0.2) is 41.1 Å². The van der Waals surface area contributed by atoms with Gasteiger partial charge in [-0.05, 0) is 29.7 Å². The number of nitrogens with two attached hydrogens (primary N) is 1. The van der Waals surface area contributed by atoms with Crippen LogP contribution < -0.4 is 10.6 Å². The summed E-state index contributed by atoms with van der Waals surface area (Å²) in [6.45, 7) is 1.63. The van der Waals surface area contributed by atoms with Crippen LogP contribution in [0.25, 0.3) is 0 Å². The summed E-state index contributed by atoms with van der Waals surface area (Å²) in [6.07, 6.45) is 4.18. The van der Waals surface area contributed by atoms with Crippen LogP contribution >= 0.6 is 15.9 Å². The summed E-state index contributed by atoms with van der Waals surface area (Å²) in [4.78, 5) is 17.7. The topological polar surface area (TPSA) is 59.2 Å². The van der Waals surface area contributed by atoms with E-state index in [0.29, 0.717) is 5.56 Å². The standard InChI is InChI=1S/C15H14BrN3O/c16-13-3-1-2-10-5-7-19(9-12(10)13)14-4-6-18-8-11(14)15(17)20/h1-4,6,8H,5,7,9H2,(H2,17,20). The highest BCUT2D eigenvalue weighted by Crippen LogP contribution is 2.30. The second-order valence-electron chi connectivity index (χ2n) is 4.81. The van der Waals surface area contributed by atoms with Crippen LogP contribution in [0.1, 0.15) is 21.5 Å². The number of anilines is 1. The quantitative estimate of drug-likeness (QED) is 0.919. The number of carbonyl (C=O) groups excluding carboxylic acids is 1. The SMILES string of the molecule is NC(=O)c1cnccc1N1CCc2cccc(Br)c2C1. The molecule has 2 aromatic rings. The Morgan fingerprint density at radius 2 is 2.20 bits per heavy atom. The molecule has 4 nitrogen and oxygen atoms in total. The Balaban J connectivity index is 1.99. The average molecular weight is 332 g/mol. The average Bonchev–Trinajstić information content (AvgIpc) is 2.47. The summed E-state index contributed by atoms with van der Waals surface area (Å²) in [5.74, 6) is -0.439. The number of hydrogen-bond acceptors (Lipinski definition) is 3. The predicted molar refractivity (Wildman–Crippen MR) is 81.7 cm³/mol. The smallest absolute Gasteiger partial charge is 0.252 e.